The molecule has 0 bridgehead atoms. The molecular formula is C18H16N6O4. The van der Waals surface area contributed by atoms with Gasteiger partial charge in [-0.15, -0.1) is 0 Å². The van der Waals surface area contributed by atoms with Crippen molar-refractivity contribution in [3.8, 4) is 17.1 Å². The van der Waals surface area contributed by atoms with Crippen LogP contribution in [-0.2, 0) is 17.8 Å². The summed E-state index contributed by atoms with van der Waals surface area (Å²) in [4.78, 5) is 24.9. The summed E-state index contributed by atoms with van der Waals surface area (Å²) in [5, 5.41) is 7.99. The number of ether oxygens (including phenoxy) is 2. The van der Waals surface area contributed by atoms with Gasteiger partial charge in [0.1, 0.15) is 12.1 Å². The highest BCUT2D eigenvalue weighted by atomic mass is 16.6. The quantitative estimate of drug-likeness (QED) is 0.463. The van der Waals surface area contributed by atoms with Crippen LogP contribution in [0.3, 0.4) is 0 Å². The molecule has 10 heteroatoms. The van der Waals surface area contributed by atoms with Crippen molar-refractivity contribution >= 4 is 11.7 Å². The minimum Gasteiger partial charge on any atom is -0.497 e. The second-order valence-electron chi connectivity index (χ2n) is 5.76. The van der Waals surface area contributed by atoms with Gasteiger partial charge < -0.3 is 14.0 Å². The molecule has 142 valence electrons. The van der Waals surface area contributed by atoms with Gasteiger partial charge in [-0.2, -0.15) is 15.1 Å². The molecule has 3 aromatic heterocycles. The van der Waals surface area contributed by atoms with Crippen LogP contribution in [0.15, 0.2) is 41.3 Å². The fourth-order valence-electron chi connectivity index (χ4n) is 2.71. The number of hydrogen-bond donors (Lipinski definition) is 0. The van der Waals surface area contributed by atoms with Gasteiger partial charge in [-0.05, 0) is 30.7 Å². The van der Waals surface area contributed by atoms with Crippen molar-refractivity contribution in [1.29, 1.82) is 0 Å². The molecule has 0 saturated heterocycles. The van der Waals surface area contributed by atoms with Gasteiger partial charge in [-0.25, -0.2) is 14.3 Å². The van der Waals surface area contributed by atoms with Crippen LogP contribution >= 0.6 is 0 Å². The lowest BCUT2D eigenvalue weighted by Gasteiger charge is -2.07. The molecule has 0 radical (unpaired) electrons. The van der Waals surface area contributed by atoms with Crippen molar-refractivity contribution in [3.05, 3.63) is 53.9 Å². The van der Waals surface area contributed by atoms with Gasteiger partial charge >= 0.3 is 5.97 Å². The van der Waals surface area contributed by atoms with E-state index in [0.29, 0.717) is 29.3 Å². The van der Waals surface area contributed by atoms with Crippen molar-refractivity contribution in [2.24, 2.45) is 0 Å². The third-order valence-electron chi connectivity index (χ3n) is 4.10. The molecule has 1 aromatic carbocycles. The maximum absolute atomic E-state index is 12.5. The van der Waals surface area contributed by atoms with Crippen LogP contribution in [-0.4, -0.2) is 42.8 Å². The number of aryl methyl sites for hydroxylation is 1. The smallest absolute Gasteiger partial charge is 0.342 e. The minimum atomic E-state index is -0.550. The first-order valence-electron chi connectivity index (χ1n) is 8.51. The number of carbonyl (C=O) groups excluding carboxylic acids is 1. The summed E-state index contributed by atoms with van der Waals surface area (Å²) in [7, 11) is 1.59. The van der Waals surface area contributed by atoms with Crippen LogP contribution in [0, 0.1) is 0 Å². The van der Waals surface area contributed by atoms with Crippen LogP contribution in [0.4, 0.5) is 0 Å². The molecule has 0 amide bonds. The van der Waals surface area contributed by atoms with Gasteiger partial charge in [0, 0.05) is 11.8 Å². The lowest BCUT2D eigenvalue weighted by molar-refractivity contribution is 0.0427. The molecule has 0 aliphatic rings. The van der Waals surface area contributed by atoms with E-state index in [0.717, 1.165) is 11.3 Å². The molecule has 28 heavy (non-hydrogen) atoms. The van der Waals surface area contributed by atoms with Crippen LogP contribution in [0.25, 0.3) is 17.2 Å². The Bertz CT molecular complexity index is 1120. The fourth-order valence-corrected chi connectivity index (χ4v) is 2.71. The Morgan fingerprint density at radius 3 is 2.79 bits per heavy atom. The maximum atomic E-state index is 12.5. The predicted molar refractivity (Wildman–Crippen MR) is 95.6 cm³/mol. The zero-order valence-electron chi connectivity index (χ0n) is 15.2. The number of fused-ring (bicyclic) bond motifs is 1. The van der Waals surface area contributed by atoms with Crippen LogP contribution < -0.4 is 4.74 Å². The molecule has 0 aliphatic heterocycles. The first kappa shape index (κ1) is 17.6. The number of esters is 1. The van der Waals surface area contributed by atoms with E-state index in [1.807, 2.05) is 19.1 Å². The Morgan fingerprint density at radius 2 is 2.04 bits per heavy atom. The lowest BCUT2D eigenvalue weighted by atomic mass is 10.2. The summed E-state index contributed by atoms with van der Waals surface area (Å²) in [5.74, 6) is 1.19. The number of benzene rings is 1. The Kier molecular flexibility index (Phi) is 4.67. The van der Waals surface area contributed by atoms with E-state index in [2.05, 4.69) is 25.2 Å². The van der Waals surface area contributed by atoms with Gasteiger partial charge in [-0.1, -0.05) is 12.1 Å². The van der Waals surface area contributed by atoms with Crippen LogP contribution in [0.5, 0.6) is 5.75 Å². The summed E-state index contributed by atoms with van der Waals surface area (Å²) >= 11 is 0. The SMILES string of the molecule is CCc1c(C(=O)OCc2nc(-c3ccc(OC)cc3)no2)cnc2ncnn12. The summed E-state index contributed by atoms with van der Waals surface area (Å²) in [6, 6.07) is 7.22. The third-order valence-corrected chi connectivity index (χ3v) is 4.10. The van der Waals surface area contributed by atoms with E-state index >= 15 is 0 Å². The molecule has 0 unspecified atom stereocenters. The standard InChI is InChI=1S/C18H16N6O4/c1-3-14-13(8-19-18-20-10-21-24(14)18)17(25)27-9-15-22-16(23-28-15)11-4-6-12(26-2)7-5-11/h4-8,10H,3,9H2,1-2H3. The van der Waals surface area contributed by atoms with Crippen molar-refractivity contribution in [3.63, 3.8) is 0 Å². The van der Waals surface area contributed by atoms with Gasteiger partial charge in [-0.3, -0.25) is 0 Å². The number of methoxy groups -OCH3 is 1. The van der Waals surface area contributed by atoms with Crippen molar-refractivity contribution in [2.75, 3.05) is 7.11 Å². The molecule has 0 spiro atoms. The lowest BCUT2D eigenvalue weighted by Crippen LogP contribution is -2.13. The van der Waals surface area contributed by atoms with E-state index in [-0.39, 0.29) is 12.5 Å². The summed E-state index contributed by atoms with van der Waals surface area (Å²) in [5.41, 5.74) is 1.74. The molecule has 0 fully saturated rings. The van der Waals surface area contributed by atoms with Gasteiger partial charge in [0.2, 0.25) is 5.82 Å². The van der Waals surface area contributed by atoms with E-state index in [9.17, 15) is 4.79 Å². The highest BCUT2D eigenvalue weighted by molar-refractivity contribution is 5.90. The van der Waals surface area contributed by atoms with Gasteiger partial charge in [0.05, 0.1) is 18.4 Å². The molecule has 4 aromatic rings. The number of carbonyl (C=O) groups is 1. The highest BCUT2D eigenvalue weighted by Crippen LogP contribution is 2.20. The molecule has 0 N–H and O–H groups in total. The molecule has 0 saturated carbocycles. The monoisotopic (exact) mass is 380 g/mol. The van der Waals surface area contributed by atoms with E-state index in [1.54, 1.807) is 19.2 Å². The number of aromatic nitrogens is 6. The molecule has 10 nitrogen and oxygen atoms in total. The average molecular weight is 380 g/mol. The fraction of sp³-hybridized carbons (Fsp3) is 0.222. The third kappa shape index (κ3) is 3.27. The molecule has 0 atom stereocenters. The molecule has 0 aliphatic carbocycles. The number of rotatable bonds is 6. The van der Waals surface area contributed by atoms with E-state index < -0.39 is 5.97 Å². The summed E-state index contributed by atoms with van der Waals surface area (Å²) in [6.07, 6.45) is 3.38. The molecular weight excluding hydrogens is 364 g/mol. The Morgan fingerprint density at radius 1 is 1.21 bits per heavy atom. The first-order chi connectivity index (χ1) is 13.7. The largest absolute Gasteiger partial charge is 0.497 e. The Balaban J connectivity index is 1.47. The summed E-state index contributed by atoms with van der Waals surface area (Å²) < 4.78 is 17.1. The molecule has 4 rings (SSSR count). The topological polar surface area (TPSA) is 118 Å². The minimum absolute atomic E-state index is 0.152. The zero-order chi connectivity index (χ0) is 19.5. The van der Waals surface area contributed by atoms with Crippen molar-refractivity contribution < 1.29 is 18.8 Å². The number of hydrogen-bond acceptors (Lipinski definition) is 9. The van der Waals surface area contributed by atoms with Crippen LogP contribution in [0.2, 0.25) is 0 Å². The average Bonchev–Trinajstić information content (AvgIpc) is 3.40. The predicted octanol–water partition coefficient (Wildman–Crippen LogP) is 2.10. The van der Waals surface area contributed by atoms with E-state index in [4.69, 9.17) is 14.0 Å². The maximum Gasteiger partial charge on any atom is 0.342 e. The van der Waals surface area contributed by atoms with Gasteiger partial charge in [0.25, 0.3) is 11.7 Å². The Labute approximate surface area is 159 Å². The second-order valence-corrected chi connectivity index (χ2v) is 5.76. The zero-order valence-corrected chi connectivity index (χ0v) is 15.2. The highest BCUT2D eigenvalue weighted by Gasteiger charge is 2.18. The van der Waals surface area contributed by atoms with Crippen molar-refractivity contribution in [1.82, 2.24) is 29.7 Å². The second kappa shape index (κ2) is 7.43. The van der Waals surface area contributed by atoms with E-state index in [1.165, 1.54) is 17.0 Å². The Hall–Kier alpha value is -3.82. The van der Waals surface area contributed by atoms with Crippen molar-refractivity contribution in [2.45, 2.75) is 20.0 Å². The normalized spacial score (nSPS) is 10.9. The molecule has 3 heterocycles. The number of nitrogens with zero attached hydrogens (tertiary/aromatic N) is 6. The first-order valence-corrected chi connectivity index (χ1v) is 8.51. The van der Waals surface area contributed by atoms with Crippen LogP contribution in [0.1, 0.15) is 28.9 Å². The summed E-state index contributed by atoms with van der Waals surface area (Å²) in [6.45, 7) is 1.76. The van der Waals surface area contributed by atoms with Gasteiger partial charge in [0.15, 0.2) is 6.61 Å².